The number of piperidine rings is 1. The van der Waals surface area contributed by atoms with Gasteiger partial charge in [0.2, 0.25) is 15.9 Å². The van der Waals surface area contributed by atoms with E-state index in [1.165, 1.54) is 23.5 Å². The van der Waals surface area contributed by atoms with Crippen molar-refractivity contribution < 1.29 is 18.0 Å². The van der Waals surface area contributed by atoms with Gasteiger partial charge in [0.1, 0.15) is 11.6 Å². The van der Waals surface area contributed by atoms with Crippen molar-refractivity contribution in [2.24, 2.45) is 11.8 Å². The van der Waals surface area contributed by atoms with Crippen LogP contribution in [0, 0.1) is 23.2 Å². The molecule has 42 heavy (non-hydrogen) atoms. The van der Waals surface area contributed by atoms with Gasteiger partial charge < -0.3 is 10.6 Å². The number of carbonyl (C=O) groups is 2. The highest BCUT2D eigenvalue weighted by molar-refractivity contribution is 7.89. The molecule has 0 radical (unpaired) electrons. The standard InChI is InChI=1S/C32H38N4O4S2/c1-22(2)26-20-32(26,35-30(37)28-19-23-11-3-5-15-27(23)41-28)31(38)34-17-9-7-13-25-14-8-10-18-36(25)42(39,40)29-16-6-4-12-24(29)21-33/h3-6,11-12,15-16,19,22,25-26H,7-10,13-14,17-18,20H2,1-2H3,(H,34,38)(H,35,37). The predicted molar refractivity (Wildman–Crippen MR) is 165 cm³/mol. The Morgan fingerprint density at radius 3 is 2.62 bits per heavy atom. The number of unbranched alkanes of at least 4 members (excludes halogenated alkanes) is 1. The first-order chi connectivity index (χ1) is 20.2. The van der Waals surface area contributed by atoms with Crippen molar-refractivity contribution in [2.45, 2.75) is 75.3 Å². The molecule has 5 rings (SSSR count). The van der Waals surface area contributed by atoms with Gasteiger partial charge in [-0.15, -0.1) is 11.3 Å². The van der Waals surface area contributed by atoms with E-state index in [1.54, 1.807) is 16.4 Å². The maximum atomic E-state index is 13.5. The van der Waals surface area contributed by atoms with Crippen molar-refractivity contribution in [3.05, 3.63) is 65.0 Å². The molecule has 222 valence electrons. The molecule has 10 heteroatoms. The zero-order valence-electron chi connectivity index (χ0n) is 24.1. The van der Waals surface area contributed by atoms with Crippen LogP contribution in [0.15, 0.2) is 59.5 Å². The smallest absolute Gasteiger partial charge is 0.262 e. The average Bonchev–Trinajstić information content (AvgIpc) is 3.56. The monoisotopic (exact) mass is 606 g/mol. The minimum atomic E-state index is -3.78. The molecule has 1 saturated heterocycles. The molecule has 3 atom stereocenters. The summed E-state index contributed by atoms with van der Waals surface area (Å²) in [6.07, 6.45) is 5.31. The van der Waals surface area contributed by atoms with Crippen molar-refractivity contribution in [2.75, 3.05) is 13.1 Å². The lowest BCUT2D eigenvalue weighted by molar-refractivity contribution is -0.124. The second kappa shape index (κ2) is 12.5. The van der Waals surface area contributed by atoms with E-state index in [1.807, 2.05) is 36.4 Å². The highest BCUT2D eigenvalue weighted by atomic mass is 32.2. The van der Waals surface area contributed by atoms with Crippen LogP contribution in [0.4, 0.5) is 0 Å². The summed E-state index contributed by atoms with van der Waals surface area (Å²) in [4.78, 5) is 27.3. The van der Waals surface area contributed by atoms with E-state index in [0.29, 0.717) is 37.2 Å². The molecule has 0 bridgehead atoms. The molecule has 2 heterocycles. The van der Waals surface area contributed by atoms with Crippen LogP contribution in [-0.4, -0.2) is 49.2 Å². The summed E-state index contributed by atoms with van der Waals surface area (Å²) in [7, 11) is -3.78. The highest BCUT2D eigenvalue weighted by Gasteiger charge is 2.62. The average molecular weight is 607 g/mol. The molecule has 2 amide bonds. The van der Waals surface area contributed by atoms with Crippen LogP contribution < -0.4 is 10.6 Å². The zero-order valence-corrected chi connectivity index (χ0v) is 25.8. The number of nitrogens with zero attached hydrogens (tertiary/aromatic N) is 2. The quantitative estimate of drug-likeness (QED) is 0.282. The molecule has 1 aliphatic heterocycles. The van der Waals surface area contributed by atoms with E-state index >= 15 is 0 Å². The van der Waals surface area contributed by atoms with Crippen molar-refractivity contribution in [1.29, 1.82) is 5.26 Å². The molecule has 1 saturated carbocycles. The molecule has 0 spiro atoms. The van der Waals surface area contributed by atoms with Crippen LogP contribution in [0.3, 0.4) is 0 Å². The SMILES string of the molecule is CC(C)C1CC1(NC(=O)c1cc2ccccc2s1)C(=O)NCCCCC1CCCCN1S(=O)(=O)c1ccccc1C#N. The van der Waals surface area contributed by atoms with Crippen molar-refractivity contribution >= 4 is 43.3 Å². The number of hydrogen-bond donors (Lipinski definition) is 2. The number of sulfonamides is 1. The largest absolute Gasteiger partial charge is 0.354 e. The predicted octanol–water partition coefficient (Wildman–Crippen LogP) is 5.45. The van der Waals surface area contributed by atoms with Gasteiger partial charge >= 0.3 is 0 Å². The summed E-state index contributed by atoms with van der Waals surface area (Å²) in [6, 6.07) is 18.0. The van der Waals surface area contributed by atoms with Gasteiger partial charge in [-0.25, -0.2) is 8.42 Å². The lowest BCUT2D eigenvalue weighted by Gasteiger charge is -2.35. The van der Waals surface area contributed by atoms with Crippen LogP contribution in [-0.2, 0) is 14.8 Å². The van der Waals surface area contributed by atoms with Gasteiger partial charge in [0.05, 0.1) is 15.3 Å². The van der Waals surface area contributed by atoms with Crippen LogP contribution in [0.2, 0.25) is 0 Å². The topological polar surface area (TPSA) is 119 Å². The highest BCUT2D eigenvalue weighted by Crippen LogP contribution is 2.49. The Morgan fingerprint density at radius 2 is 1.88 bits per heavy atom. The summed E-state index contributed by atoms with van der Waals surface area (Å²) in [5.41, 5.74) is -0.734. The first kappa shape index (κ1) is 30.2. The lowest BCUT2D eigenvalue weighted by atomic mass is 9.99. The summed E-state index contributed by atoms with van der Waals surface area (Å²) in [5.74, 6) is -0.0336. The van der Waals surface area contributed by atoms with Gasteiger partial charge in [0.15, 0.2) is 0 Å². The fourth-order valence-electron chi connectivity index (χ4n) is 6.27. The first-order valence-electron chi connectivity index (χ1n) is 14.8. The van der Waals surface area contributed by atoms with E-state index < -0.39 is 15.6 Å². The summed E-state index contributed by atoms with van der Waals surface area (Å²) < 4.78 is 29.6. The third-order valence-electron chi connectivity index (χ3n) is 8.63. The van der Waals surface area contributed by atoms with Gasteiger partial charge in [-0.05, 0) is 73.6 Å². The molecule has 1 aromatic heterocycles. The molecular weight excluding hydrogens is 569 g/mol. The van der Waals surface area contributed by atoms with Gasteiger partial charge in [-0.3, -0.25) is 9.59 Å². The molecule has 2 aromatic carbocycles. The number of nitriles is 1. The molecule has 1 aliphatic carbocycles. The summed E-state index contributed by atoms with van der Waals surface area (Å²) in [5, 5.41) is 16.6. The van der Waals surface area contributed by atoms with Crippen LogP contribution in [0.1, 0.15) is 74.0 Å². The Kier molecular flexibility index (Phi) is 9.02. The number of hydrogen-bond acceptors (Lipinski definition) is 6. The number of nitrogens with one attached hydrogen (secondary N) is 2. The Balaban J connectivity index is 1.16. The minimum Gasteiger partial charge on any atom is -0.354 e. The number of fused-ring (bicyclic) bond motifs is 1. The second-order valence-corrected chi connectivity index (χ2v) is 14.7. The van der Waals surface area contributed by atoms with Crippen LogP contribution in [0.25, 0.3) is 10.1 Å². The number of carbonyl (C=O) groups excluding carboxylic acids is 2. The van der Waals surface area contributed by atoms with E-state index in [4.69, 9.17) is 0 Å². The Bertz CT molecular complexity index is 1580. The normalized spacial score (nSPS) is 22.5. The van der Waals surface area contributed by atoms with Crippen molar-refractivity contribution in [3.63, 3.8) is 0 Å². The third-order valence-corrected chi connectivity index (χ3v) is 11.8. The van der Waals surface area contributed by atoms with E-state index in [9.17, 15) is 23.3 Å². The minimum absolute atomic E-state index is 0.0683. The molecule has 2 N–H and O–H groups in total. The molecule has 2 fully saturated rings. The number of rotatable bonds is 11. The molecule has 3 aromatic rings. The third kappa shape index (κ3) is 6.10. The van der Waals surface area contributed by atoms with E-state index in [-0.39, 0.29) is 40.2 Å². The Hall–Kier alpha value is -3.26. The van der Waals surface area contributed by atoms with E-state index in [2.05, 4.69) is 24.5 Å². The summed E-state index contributed by atoms with van der Waals surface area (Å²) in [6.45, 7) is 5.05. The first-order valence-corrected chi connectivity index (χ1v) is 17.0. The molecule has 3 unspecified atom stereocenters. The van der Waals surface area contributed by atoms with Crippen LogP contribution in [0.5, 0.6) is 0 Å². The van der Waals surface area contributed by atoms with Crippen LogP contribution >= 0.6 is 11.3 Å². The maximum Gasteiger partial charge on any atom is 0.262 e. The molecular formula is C32H38N4O4S2. The fourth-order valence-corrected chi connectivity index (χ4v) is 9.09. The number of amides is 2. The fraction of sp³-hybridized carbons (Fsp3) is 0.469. The van der Waals surface area contributed by atoms with Crippen molar-refractivity contribution in [3.8, 4) is 6.07 Å². The van der Waals surface area contributed by atoms with Crippen molar-refractivity contribution in [1.82, 2.24) is 14.9 Å². The second-order valence-electron chi connectivity index (χ2n) is 11.8. The van der Waals surface area contributed by atoms with Gasteiger partial charge in [0.25, 0.3) is 5.91 Å². The van der Waals surface area contributed by atoms with Gasteiger partial charge in [0, 0.05) is 23.8 Å². The zero-order chi connectivity index (χ0) is 29.9. The lowest BCUT2D eigenvalue weighted by Crippen LogP contribution is -2.51. The maximum absolute atomic E-state index is 13.5. The molecule has 8 nitrogen and oxygen atoms in total. The Morgan fingerprint density at radius 1 is 1.12 bits per heavy atom. The molecule has 2 aliphatic rings. The van der Waals surface area contributed by atoms with Gasteiger partial charge in [-0.2, -0.15) is 9.57 Å². The number of thiophene rings is 1. The summed E-state index contributed by atoms with van der Waals surface area (Å²) >= 11 is 1.43. The Labute approximate surface area is 252 Å². The van der Waals surface area contributed by atoms with E-state index in [0.717, 1.165) is 35.8 Å². The van der Waals surface area contributed by atoms with Gasteiger partial charge in [-0.1, -0.05) is 57.0 Å². The number of benzene rings is 2.